The fourth-order valence-corrected chi connectivity index (χ4v) is 2.55. The summed E-state index contributed by atoms with van der Waals surface area (Å²) in [5, 5.41) is 6.56. The van der Waals surface area contributed by atoms with Crippen molar-refractivity contribution in [2.45, 2.75) is 13.3 Å². The number of hydrogen-bond donors (Lipinski definition) is 1. The van der Waals surface area contributed by atoms with E-state index >= 15 is 0 Å². The maximum Gasteiger partial charge on any atom is 0.255 e. The predicted molar refractivity (Wildman–Crippen MR) is 62.6 cm³/mol. The van der Waals surface area contributed by atoms with Gasteiger partial charge in [0, 0.05) is 18.5 Å². The highest BCUT2D eigenvalue weighted by Gasteiger charge is 2.22. The number of nitrogens with zero attached hydrogens (tertiary/aromatic N) is 1. The van der Waals surface area contributed by atoms with Crippen LogP contribution in [-0.4, -0.2) is 36.3 Å². The van der Waals surface area contributed by atoms with E-state index in [0.717, 1.165) is 17.5 Å². The second kappa shape index (κ2) is 4.65. The molecule has 0 atom stereocenters. The van der Waals surface area contributed by atoms with Crippen LogP contribution in [0, 0.1) is 6.92 Å². The molecule has 0 aromatic carbocycles. The number of amides is 2. The lowest BCUT2D eigenvalue weighted by atomic mass is 10.2. The molecule has 5 heteroatoms. The van der Waals surface area contributed by atoms with E-state index in [9.17, 15) is 9.59 Å². The maximum atomic E-state index is 12.1. The van der Waals surface area contributed by atoms with Crippen molar-refractivity contribution in [1.29, 1.82) is 0 Å². The summed E-state index contributed by atoms with van der Waals surface area (Å²) in [7, 11) is 0. The van der Waals surface area contributed by atoms with Gasteiger partial charge in [-0.2, -0.15) is 11.3 Å². The molecule has 1 N–H and O–H groups in total. The quantitative estimate of drug-likeness (QED) is 0.794. The van der Waals surface area contributed by atoms with Crippen LogP contribution >= 0.6 is 11.3 Å². The van der Waals surface area contributed by atoms with Gasteiger partial charge in [0.1, 0.15) is 0 Å². The molecule has 2 heterocycles. The first kappa shape index (κ1) is 11.1. The molecule has 2 rings (SSSR count). The van der Waals surface area contributed by atoms with E-state index < -0.39 is 0 Å². The first-order valence-electron chi connectivity index (χ1n) is 5.27. The monoisotopic (exact) mass is 238 g/mol. The van der Waals surface area contributed by atoms with Crippen LogP contribution in [-0.2, 0) is 4.79 Å². The van der Waals surface area contributed by atoms with Crippen molar-refractivity contribution in [1.82, 2.24) is 10.2 Å². The Labute approximate surface area is 98.3 Å². The summed E-state index contributed by atoms with van der Waals surface area (Å²) in [6.45, 7) is 3.40. The van der Waals surface area contributed by atoms with Gasteiger partial charge in [-0.05, 0) is 24.3 Å². The van der Waals surface area contributed by atoms with Crippen molar-refractivity contribution in [2.24, 2.45) is 0 Å². The third-order valence-corrected chi connectivity index (χ3v) is 3.50. The van der Waals surface area contributed by atoms with Crippen molar-refractivity contribution in [3.63, 3.8) is 0 Å². The van der Waals surface area contributed by atoms with Crippen LogP contribution in [0.4, 0.5) is 0 Å². The fourth-order valence-electron chi connectivity index (χ4n) is 1.73. The number of nitrogens with one attached hydrogen (secondary N) is 1. The smallest absolute Gasteiger partial charge is 0.255 e. The van der Waals surface area contributed by atoms with Crippen LogP contribution in [0.3, 0.4) is 0 Å². The highest BCUT2D eigenvalue weighted by molar-refractivity contribution is 7.08. The Morgan fingerprint density at radius 1 is 1.50 bits per heavy atom. The molecular formula is C11H14N2O2S. The zero-order valence-corrected chi connectivity index (χ0v) is 9.97. The summed E-state index contributed by atoms with van der Waals surface area (Å²) < 4.78 is 0. The van der Waals surface area contributed by atoms with Crippen molar-refractivity contribution >= 4 is 23.2 Å². The van der Waals surface area contributed by atoms with Gasteiger partial charge in [-0.1, -0.05) is 0 Å². The number of carbonyl (C=O) groups is 2. The molecule has 1 fully saturated rings. The third-order valence-electron chi connectivity index (χ3n) is 2.63. The van der Waals surface area contributed by atoms with Crippen LogP contribution in [0.1, 0.15) is 22.3 Å². The number of thiophene rings is 1. The molecule has 1 saturated heterocycles. The van der Waals surface area contributed by atoms with Crippen molar-refractivity contribution < 1.29 is 9.59 Å². The van der Waals surface area contributed by atoms with Gasteiger partial charge in [0.25, 0.3) is 5.91 Å². The lowest BCUT2D eigenvalue weighted by Crippen LogP contribution is -2.37. The SMILES string of the molecule is Cc1cscc1C(=O)N1CCCNC(=O)C1. The van der Waals surface area contributed by atoms with E-state index in [1.54, 1.807) is 4.90 Å². The number of carbonyl (C=O) groups excluding carboxylic acids is 2. The number of aryl methyl sites for hydroxylation is 1. The van der Waals surface area contributed by atoms with Gasteiger partial charge in [0.2, 0.25) is 5.91 Å². The molecule has 0 unspecified atom stereocenters. The standard InChI is InChI=1S/C11H14N2O2S/c1-8-6-16-7-9(8)11(15)13-4-2-3-12-10(14)5-13/h6-7H,2-5H2,1H3,(H,12,14). The molecule has 0 spiro atoms. The molecule has 1 aliphatic heterocycles. The molecule has 0 saturated carbocycles. The number of hydrogen-bond acceptors (Lipinski definition) is 3. The lowest BCUT2D eigenvalue weighted by Gasteiger charge is -2.18. The Kier molecular flexibility index (Phi) is 3.24. The first-order valence-corrected chi connectivity index (χ1v) is 6.21. The average Bonchev–Trinajstić information content (AvgIpc) is 2.55. The topological polar surface area (TPSA) is 49.4 Å². The summed E-state index contributed by atoms with van der Waals surface area (Å²) in [5.74, 6) is -0.102. The Balaban J connectivity index is 2.15. The second-order valence-electron chi connectivity index (χ2n) is 3.90. The highest BCUT2D eigenvalue weighted by Crippen LogP contribution is 2.16. The van der Waals surface area contributed by atoms with Crippen molar-refractivity contribution in [2.75, 3.05) is 19.6 Å². The predicted octanol–water partition coefficient (Wildman–Crippen LogP) is 1.02. The van der Waals surface area contributed by atoms with Gasteiger partial charge in [-0.25, -0.2) is 0 Å². The Morgan fingerprint density at radius 2 is 2.31 bits per heavy atom. The summed E-state index contributed by atoms with van der Waals surface area (Å²) >= 11 is 1.52. The summed E-state index contributed by atoms with van der Waals surface area (Å²) in [4.78, 5) is 25.1. The largest absolute Gasteiger partial charge is 0.354 e. The zero-order chi connectivity index (χ0) is 11.5. The van der Waals surface area contributed by atoms with Crippen LogP contribution in [0.5, 0.6) is 0 Å². The minimum atomic E-state index is -0.0706. The molecule has 0 radical (unpaired) electrons. The van der Waals surface area contributed by atoms with Crippen LogP contribution < -0.4 is 5.32 Å². The molecule has 4 nitrogen and oxygen atoms in total. The van der Waals surface area contributed by atoms with E-state index in [2.05, 4.69) is 5.32 Å². The van der Waals surface area contributed by atoms with Gasteiger partial charge >= 0.3 is 0 Å². The van der Waals surface area contributed by atoms with Crippen LogP contribution in [0.25, 0.3) is 0 Å². The second-order valence-corrected chi connectivity index (χ2v) is 4.64. The number of rotatable bonds is 1. The average molecular weight is 238 g/mol. The Morgan fingerprint density at radius 3 is 3.00 bits per heavy atom. The molecule has 1 aromatic rings. The summed E-state index contributed by atoms with van der Waals surface area (Å²) in [5.41, 5.74) is 1.71. The fraction of sp³-hybridized carbons (Fsp3) is 0.455. The van der Waals surface area contributed by atoms with Crippen LogP contribution in [0.2, 0.25) is 0 Å². The van der Waals surface area contributed by atoms with Crippen LogP contribution in [0.15, 0.2) is 10.8 Å². The normalized spacial score (nSPS) is 16.8. The van der Waals surface area contributed by atoms with Gasteiger partial charge in [-0.3, -0.25) is 9.59 Å². The molecule has 2 amide bonds. The lowest BCUT2D eigenvalue weighted by molar-refractivity contribution is -0.121. The van der Waals surface area contributed by atoms with E-state index in [1.165, 1.54) is 11.3 Å². The van der Waals surface area contributed by atoms with Gasteiger partial charge in [0.15, 0.2) is 0 Å². The molecule has 0 bridgehead atoms. The molecule has 0 aliphatic carbocycles. The van der Waals surface area contributed by atoms with E-state index in [-0.39, 0.29) is 18.4 Å². The van der Waals surface area contributed by atoms with E-state index in [1.807, 2.05) is 17.7 Å². The van der Waals surface area contributed by atoms with E-state index in [0.29, 0.717) is 13.1 Å². The van der Waals surface area contributed by atoms with Crippen molar-refractivity contribution in [3.8, 4) is 0 Å². The molecule has 86 valence electrons. The molecule has 1 aliphatic rings. The first-order chi connectivity index (χ1) is 7.68. The van der Waals surface area contributed by atoms with Crippen molar-refractivity contribution in [3.05, 3.63) is 21.9 Å². The highest BCUT2D eigenvalue weighted by atomic mass is 32.1. The van der Waals surface area contributed by atoms with Gasteiger partial charge < -0.3 is 10.2 Å². The minimum absolute atomic E-state index is 0.0317. The summed E-state index contributed by atoms with van der Waals surface area (Å²) in [6.07, 6.45) is 0.820. The van der Waals surface area contributed by atoms with Gasteiger partial charge in [-0.15, -0.1) is 0 Å². The minimum Gasteiger partial charge on any atom is -0.354 e. The molecular weight excluding hydrogens is 224 g/mol. The maximum absolute atomic E-state index is 12.1. The molecule has 16 heavy (non-hydrogen) atoms. The zero-order valence-electron chi connectivity index (χ0n) is 9.16. The van der Waals surface area contributed by atoms with E-state index in [4.69, 9.17) is 0 Å². The van der Waals surface area contributed by atoms with Gasteiger partial charge in [0.05, 0.1) is 12.1 Å². The molecule has 1 aromatic heterocycles. The Hall–Kier alpha value is -1.36. The Bertz CT molecular complexity index is 414. The third kappa shape index (κ3) is 2.24. The summed E-state index contributed by atoms with van der Waals surface area (Å²) in [6, 6.07) is 0.